The van der Waals surface area contributed by atoms with E-state index in [1.54, 1.807) is 6.92 Å². The van der Waals surface area contributed by atoms with Crippen LogP contribution in [0.5, 0.6) is 23.0 Å². The van der Waals surface area contributed by atoms with Crippen molar-refractivity contribution in [1.82, 2.24) is 4.90 Å². The van der Waals surface area contributed by atoms with Gasteiger partial charge in [-0.05, 0) is 66.9 Å². The maximum atomic E-state index is 12.1. The molecule has 1 aliphatic carbocycles. The summed E-state index contributed by atoms with van der Waals surface area (Å²) in [5, 5.41) is 0. The van der Waals surface area contributed by atoms with Crippen LogP contribution in [0.15, 0.2) is 24.3 Å². The number of fused-ring (bicyclic) bond motifs is 3. The standard InChI is InChI=1S/C22H21NO5/c1-11(24)3-17-22-13-6-19-18(25-9-26-19)5-12(13)4-16(23(17)2)14-7-20-21(8-15(14)22)28-10-27-20/h5-8,16-17,22H,3-4,9-10H2,1-2H3. The van der Waals surface area contributed by atoms with Crippen molar-refractivity contribution in [2.45, 2.75) is 37.8 Å². The molecule has 2 bridgehead atoms. The fraction of sp³-hybridized carbons (Fsp3) is 0.409. The molecule has 0 aromatic heterocycles. The van der Waals surface area contributed by atoms with Crippen LogP contribution in [0.4, 0.5) is 0 Å². The summed E-state index contributed by atoms with van der Waals surface area (Å²) in [4.78, 5) is 14.5. The molecule has 0 radical (unpaired) electrons. The highest BCUT2D eigenvalue weighted by molar-refractivity contribution is 5.77. The first-order valence-electron chi connectivity index (χ1n) is 9.67. The van der Waals surface area contributed by atoms with Gasteiger partial charge in [0.25, 0.3) is 0 Å². The fourth-order valence-corrected chi connectivity index (χ4v) is 5.28. The molecule has 3 atom stereocenters. The smallest absolute Gasteiger partial charge is 0.231 e. The molecule has 0 saturated heterocycles. The van der Waals surface area contributed by atoms with Crippen molar-refractivity contribution in [3.63, 3.8) is 0 Å². The minimum absolute atomic E-state index is 0.0710. The first kappa shape index (κ1) is 16.2. The van der Waals surface area contributed by atoms with Crippen molar-refractivity contribution in [3.05, 3.63) is 46.5 Å². The van der Waals surface area contributed by atoms with Gasteiger partial charge in [0.05, 0.1) is 0 Å². The predicted molar refractivity (Wildman–Crippen MR) is 100 cm³/mol. The molecule has 0 fully saturated rings. The van der Waals surface area contributed by atoms with Crippen LogP contribution in [-0.2, 0) is 11.2 Å². The SMILES string of the molecule is CC(=O)CC1C2c3cc4c(cc3CC(c3cc5c(cc32)OCO5)N1C)OCO4. The first-order chi connectivity index (χ1) is 13.6. The molecule has 144 valence electrons. The van der Waals surface area contributed by atoms with Gasteiger partial charge in [-0.2, -0.15) is 0 Å². The van der Waals surface area contributed by atoms with Crippen molar-refractivity contribution in [2.75, 3.05) is 20.6 Å². The highest BCUT2D eigenvalue weighted by atomic mass is 16.7. The predicted octanol–water partition coefficient (Wildman–Crippen LogP) is 3.17. The molecule has 0 amide bonds. The Hall–Kier alpha value is -2.73. The average molecular weight is 379 g/mol. The molecule has 0 N–H and O–H groups in total. The Kier molecular flexibility index (Phi) is 3.27. The molecule has 4 aliphatic heterocycles. The minimum atomic E-state index is 0.0710. The molecule has 2 aromatic rings. The highest BCUT2D eigenvalue weighted by Gasteiger charge is 2.45. The fourth-order valence-electron chi connectivity index (χ4n) is 5.28. The maximum absolute atomic E-state index is 12.1. The molecular weight excluding hydrogens is 358 g/mol. The summed E-state index contributed by atoms with van der Waals surface area (Å²) >= 11 is 0. The lowest BCUT2D eigenvalue weighted by atomic mass is 9.77. The largest absolute Gasteiger partial charge is 0.454 e. The lowest BCUT2D eigenvalue weighted by molar-refractivity contribution is -0.118. The number of rotatable bonds is 2. The topological polar surface area (TPSA) is 57.2 Å². The second-order valence-electron chi connectivity index (χ2n) is 8.08. The summed E-state index contributed by atoms with van der Waals surface area (Å²) < 4.78 is 22.6. The van der Waals surface area contributed by atoms with Crippen LogP contribution in [0, 0.1) is 0 Å². The van der Waals surface area contributed by atoms with Gasteiger partial charge < -0.3 is 18.9 Å². The lowest BCUT2D eigenvalue weighted by Crippen LogP contribution is -2.44. The minimum Gasteiger partial charge on any atom is -0.454 e. The third-order valence-electron chi connectivity index (χ3n) is 6.55. The first-order valence-corrected chi connectivity index (χ1v) is 9.67. The Morgan fingerprint density at radius 3 is 2.14 bits per heavy atom. The Morgan fingerprint density at radius 1 is 0.929 bits per heavy atom. The molecule has 4 heterocycles. The van der Waals surface area contributed by atoms with Gasteiger partial charge in [0, 0.05) is 24.4 Å². The van der Waals surface area contributed by atoms with Crippen molar-refractivity contribution in [3.8, 4) is 23.0 Å². The van der Waals surface area contributed by atoms with E-state index in [0.29, 0.717) is 6.42 Å². The molecule has 7 rings (SSSR count). The summed E-state index contributed by atoms with van der Waals surface area (Å²) in [7, 11) is 2.13. The number of hydrogen-bond acceptors (Lipinski definition) is 6. The number of carbonyl (C=O) groups is 1. The second-order valence-corrected chi connectivity index (χ2v) is 8.08. The van der Waals surface area contributed by atoms with Gasteiger partial charge in [0.15, 0.2) is 23.0 Å². The third kappa shape index (κ3) is 2.15. The highest BCUT2D eigenvalue weighted by Crippen LogP contribution is 2.54. The van der Waals surface area contributed by atoms with E-state index in [2.05, 4.69) is 36.2 Å². The van der Waals surface area contributed by atoms with E-state index in [4.69, 9.17) is 18.9 Å². The van der Waals surface area contributed by atoms with Gasteiger partial charge in [0.1, 0.15) is 5.78 Å². The van der Waals surface area contributed by atoms with Gasteiger partial charge >= 0.3 is 0 Å². The Morgan fingerprint density at radius 2 is 1.50 bits per heavy atom. The molecule has 28 heavy (non-hydrogen) atoms. The van der Waals surface area contributed by atoms with Gasteiger partial charge in [-0.1, -0.05) is 0 Å². The van der Waals surface area contributed by atoms with Crippen LogP contribution >= 0.6 is 0 Å². The number of ketones is 1. The summed E-state index contributed by atoms with van der Waals surface area (Å²) in [6, 6.07) is 8.75. The molecule has 3 unspecified atom stereocenters. The third-order valence-corrected chi connectivity index (χ3v) is 6.55. The van der Waals surface area contributed by atoms with Crippen molar-refractivity contribution in [1.29, 1.82) is 0 Å². The Balaban J connectivity index is 1.60. The van der Waals surface area contributed by atoms with Crippen molar-refractivity contribution in [2.24, 2.45) is 0 Å². The van der Waals surface area contributed by atoms with E-state index >= 15 is 0 Å². The van der Waals surface area contributed by atoms with Gasteiger partial charge in [0.2, 0.25) is 13.6 Å². The zero-order chi connectivity index (χ0) is 19.0. The number of nitrogens with zero attached hydrogens (tertiary/aromatic N) is 1. The Bertz CT molecular complexity index is 1020. The van der Waals surface area contributed by atoms with Crippen LogP contribution in [-0.4, -0.2) is 37.4 Å². The summed E-state index contributed by atoms with van der Waals surface area (Å²) in [6.07, 6.45) is 1.37. The quantitative estimate of drug-likeness (QED) is 0.799. The molecular formula is C22H21NO5. The van der Waals surface area contributed by atoms with Crippen LogP contribution in [0.1, 0.15) is 47.6 Å². The summed E-state index contributed by atoms with van der Waals surface area (Å²) in [6.45, 7) is 2.20. The lowest BCUT2D eigenvalue weighted by Gasteiger charge is -2.43. The molecule has 2 aromatic carbocycles. The van der Waals surface area contributed by atoms with Crippen LogP contribution in [0.25, 0.3) is 0 Å². The molecule has 6 heteroatoms. The number of benzene rings is 2. The van der Waals surface area contributed by atoms with E-state index in [1.807, 2.05) is 0 Å². The zero-order valence-electron chi connectivity index (χ0n) is 15.9. The summed E-state index contributed by atoms with van der Waals surface area (Å²) in [5.41, 5.74) is 4.98. The molecule has 6 nitrogen and oxygen atoms in total. The molecule has 0 saturated carbocycles. The maximum Gasteiger partial charge on any atom is 0.231 e. The average Bonchev–Trinajstić information content (AvgIpc) is 3.26. The Labute approximate surface area is 162 Å². The van der Waals surface area contributed by atoms with E-state index in [-0.39, 0.29) is 37.4 Å². The number of likely N-dealkylation sites (N-methyl/N-ethyl adjacent to an activating group) is 1. The zero-order valence-corrected chi connectivity index (χ0v) is 15.9. The van der Waals surface area contributed by atoms with E-state index < -0.39 is 0 Å². The second kappa shape index (κ2) is 5.64. The van der Waals surface area contributed by atoms with E-state index in [9.17, 15) is 4.79 Å². The van der Waals surface area contributed by atoms with E-state index in [0.717, 1.165) is 29.4 Å². The molecule has 5 aliphatic rings. The molecule has 0 spiro atoms. The van der Waals surface area contributed by atoms with Crippen LogP contribution in [0.2, 0.25) is 0 Å². The van der Waals surface area contributed by atoms with Gasteiger partial charge in [-0.25, -0.2) is 0 Å². The normalized spacial score (nSPS) is 26.0. The van der Waals surface area contributed by atoms with Gasteiger partial charge in [-0.3, -0.25) is 9.69 Å². The number of Topliss-reactive ketones (excluding diaryl/α,β-unsaturated/α-hetero) is 1. The summed E-state index contributed by atoms with van der Waals surface area (Å²) in [5.74, 6) is 3.47. The van der Waals surface area contributed by atoms with Crippen molar-refractivity contribution < 1.29 is 23.7 Å². The van der Waals surface area contributed by atoms with Crippen LogP contribution < -0.4 is 18.9 Å². The number of ether oxygens (including phenoxy) is 4. The van der Waals surface area contributed by atoms with Crippen LogP contribution in [0.3, 0.4) is 0 Å². The monoisotopic (exact) mass is 379 g/mol. The number of carbonyl (C=O) groups excluding carboxylic acids is 1. The van der Waals surface area contributed by atoms with Crippen molar-refractivity contribution >= 4 is 5.78 Å². The van der Waals surface area contributed by atoms with E-state index in [1.165, 1.54) is 22.3 Å². The number of hydrogen-bond donors (Lipinski definition) is 0. The van der Waals surface area contributed by atoms with Gasteiger partial charge in [-0.15, -0.1) is 0 Å².